The van der Waals surface area contributed by atoms with Crippen molar-refractivity contribution in [1.82, 2.24) is 0 Å². The SMILES string of the molecule is COCC(C)OC(C)COCC(C)OC. The van der Waals surface area contributed by atoms with Crippen molar-refractivity contribution in [1.29, 1.82) is 0 Å². The number of hydrogen-bond acceptors (Lipinski definition) is 4. The fraction of sp³-hybridized carbons (Fsp3) is 1.00. The van der Waals surface area contributed by atoms with Gasteiger partial charge in [-0.25, -0.2) is 0 Å². The van der Waals surface area contributed by atoms with Gasteiger partial charge < -0.3 is 18.9 Å². The van der Waals surface area contributed by atoms with Crippen molar-refractivity contribution in [3.63, 3.8) is 0 Å². The van der Waals surface area contributed by atoms with Crippen LogP contribution in [0.3, 0.4) is 0 Å². The van der Waals surface area contributed by atoms with E-state index in [1.54, 1.807) is 14.2 Å². The molecule has 0 aromatic carbocycles. The van der Waals surface area contributed by atoms with Crippen LogP contribution < -0.4 is 0 Å². The lowest BCUT2D eigenvalue weighted by Gasteiger charge is -2.19. The van der Waals surface area contributed by atoms with Gasteiger partial charge in [0.05, 0.1) is 38.1 Å². The molecule has 0 fully saturated rings. The monoisotopic (exact) mass is 220 g/mol. The molecule has 0 aromatic rings. The van der Waals surface area contributed by atoms with Gasteiger partial charge in [0.15, 0.2) is 0 Å². The van der Waals surface area contributed by atoms with Crippen LogP contribution in [0.15, 0.2) is 0 Å². The quantitative estimate of drug-likeness (QED) is 0.590. The van der Waals surface area contributed by atoms with Crippen LogP contribution in [0.2, 0.25) is 0 Å². The molecular formula is C11H24O4. The Morgan fingerprint density at radius 3 is 1.87 bits per heavy atom. The van der Waals surface area contributed by atoms with Crippen LogP contribution in [0.1, 0.15) is 20.8 Å². The van der Waals surface area contributed by atoms with E-state index >= 15 is 0 Å². The van der Waals surface area contributed by atoms with E-state index in [1.165, 1.54) is 0 Å². The molecule has 0 bridgehead atoms. The van der Waals surface area contributed by atoms with Crippen LogP contribution in [-0.2, 0) is 18.9 Å². The van der Waals surface area contributed by atoms with E-state index in [-0.39, 0.29) is 18.3 Å². The molecule has 0 aliphatic heterocycles. The molecule has 0 radical (unpaired) electrons. The Balaban J connectivity index is 3.44. The van der Waals surface area contributed by atoms with Gasteiger partial charge in [-0.15, -0.1) is 0 Å². The highest BCUT2D eigenvalue weighted by Crippen LogP contribution is 2.00. The van der Waals surface area contributed by atoms with E-state index < -0.39 is 0 Å². The third kappa shape index (κ3) is 8.81. The van der Waals surface area contributed by atoms with Gasteiger partial charge in [0.25, 0.3) is 0 Å². The first-order valence-electron chi connectivity index (χ1n) is 5.35. The van der Waals surface area contributed by atoms with Crippen LogP contribution in [0.25, 0.3) is 0 Å². The Bertz CT molecular complexity index is 141. The second kappa shape index (κ2) is 9.09. The molecule has 0 saturated carbocycles. The molecule has 3 atom stereocenters. The first kappa shape index (κ1) is 14.8. The molecule has 0 spiro atoms. The number of ether oxygens (including phenoxy) is 4. The maximum Gasteiger partial charge on any atom is 0.0785 e. The van der Waals surface area contributed by atoms with Crippen LogP contribution in [0.4, 0.5) is 0 Å². The summed E-state index contributed by atoms with van der Waals surface area (Å²) in [6.07, 6.45) is 0.321. The summed E-state index contributed by atoms with van der Waals surface area (Å²) in [4.78, 5) is 0. The van der Waals surface area contributed by atoms with E-state index in [4.69, 9.17) is 18.9 Å². The van der Waals surface area contributed by atoms with Crippen molar-refractivity contribution in [3.05, 3.63) is 0 Å². The molecule has 15 heavy (non-hydrogen) atoms. The summed E-state index contributed by atoms with van der Waals surface area (Å²) in [7, 11) is 3.34. The number of methoxy groups -OCH3 is 2. The lowest BCUT2D eigenvalue weighted by molar-refractivity contribution is -0.0758. The third-order valence-electron chi connectivity index (χ3n) is 1.97. The van der Waals surface area contributed by atoms with E-state index in [0.717, 1.165) is 0 Å². The first-order valence-corrected chi connectivity index (χ1v) is 5.35. The first-order chi connectivity index (χ1) is 7.10. The highest BCUT2D eigenvalue weighted by atomic mass is 16.6. The van der Waals surface area contributed by atoms with Gasteiger partial charge in [-0.2, -0.15) is 0 Å². The highest BCUT2D eigenvalue weighted by Gasteiger charge is 2.09. The minimum absolute atomic E-state index is 0.0826. The van der Waals surface area contributed by atoms with E-state index in [0.29, 0.717) is 19.8 Å². The van der Waals surface area contributed by atoms with Gasteiger partial charge in [0.2, 0.25) is 0 Å². The van der Waals surface area contributed by atoms with Gasteiger partial charge in [-0.1, -0.05) is 0 Å². The van der Waals surface area contributed by atoms with Crippen molar-refractivity contribution in [2.24, 2.45) is 0 Å². The lowest BCUT2D eigenvalue weighted by atomic mass is 10.4. The molecule has 92 valence electrons. The van der Waals surface area contributed by atoms with Crippen LogP contribution in [0, 0.1) is 0 Å². The molecule has 0 aromatic heterocycles. The fourth-order valence-electron chi connectivity index (χ4n) is 1.18. The molecular weight excluding hydrogens is 196 g/mol. The molecule has 0 aliphatic rings. The van der Waals surface area contributed by atoms with Crippen molar-refractivity contribution in [2.45, 2.75) is 39.1 Å². The van der Waals surface area contributed by atoms with E-state index in [9.17, 15) is 0 Å². The van der Waals surface area contributed by atoms with Crippen molar-refractivity contribution >= 4 is 0 Å². The smallest absolute Gasteiger partial charge is 0.0785 e. The Morgan fingerprint density at radius 1 is 0.800 bits per heavy atom. The van der Waals surface area contributed by atoms with E-state index in [1.807, 2.05) is 20.8 Å². The summed E-state index contributed by atoms with van der Waals surface area (Å²) in [6.45, 7) is 7.74. The van der Waals surface area contributed by atoms with Gasteiger partial charge >= 0.3 is 0 Å². The molecule has 4 nitrogen and oxygen atoms in total. The van der Waals surface area contributed by atoms with Crippen molar-refractivity contribution in [3.8, 4) is 0 Å². The molecule has 0 saturated heterocycles. The van der Waals surface area contributed by atoms with Crippen LogP contribution in [-0.4, -0.2) is 52.4 Å². The van der Waals surface area contributed by atoms with Gasteiger partial charge in [0.1, 0.15) is 0 Å². The molecule has 0 aliphatic carbocycles. The second-order valence-corrected chi connectivity index (χ2v) is 3.80. The average Bonchev–Trinajstić information content (AvgIpc) is 2.17. The van der Waals surface area contributed by atoms with Crippen LogP contribution in [0.5, 0.6) is 0 Å². The van der Waals surface area contributed by atoms with Gasteiger partial charge in [0, 0.05) is 14.2 Å². The predicted octanol–water partition coefficient (Wildman–Crippen LogP) is 1.48. The topological polar surface area (TPSA) is 36.9 Å². The highest BCUT2D eigenvalue weighted by molar-refractivity contribution is 4.54. The Kier molecular flexibility index (Phi) is 9.00. The molecule has 0 amide bonds. The summed E-state index contributed by atoms with van der Waals surface area (Å²) < 4.78 is 21.1. The normalized spacial score (nSPS) is 17.4. The summed E-state index contributed by atoms with van der Waals surface area (Å²) in [6, 6.07) is 0. The maximum absolute atomic E-state index is 5.62. The largest absolute Gasteiger partial charge is 0.382 e. The Morgan fingerprint density at radius 2 is 1.33 bits per heavy atom. The number of rotatable bonds is 9. The van der Waals surface area contributed by atoms with Gasteiger partial charge in [-0.05, 0) is 20.8 Å². The molecule has 0 rings (SSSR count). The average molecular weight is 220 g/mol. The Hall–Kier alpha value is -0.160. The molecule has 3 unspecified atom stereocenters. The number of hydrogen-bond donors (Lipinski definition) is 0. The maximum atomic E-state index is 5.62. The minimum Gasteiger partial charge on any atom is -0.382 e. The zero-order chi connectivity index (χ0) is 11.7. The summed E-state index contributed by atoms with van der Waals surface area (Å²) in [5, 5.41) is 0. The zero-order valence-corrected chi connectivity index (χ0v) is 10.5. The minimum atomic E-state index is 0.0826. The lowest BCUT2D eigenvalue weighted by Crippen LogP contribution is -2.26. The van der Waals surface area contributed by atoms with Crippen LogP contribution >= 0.6 is 0 Å². The van der Waals surface area contributed by atoms with E-state index in [2.05, 4.69) is 0 Å². The van der Waals surface area contributed by atoms with Gasteiger partial charge in [-0.3, -0.25) is 0 Å². The molecule has 4 heteroatoms. The van der Waals surface area contributed by atoms with Crippen molar-refractivity contribution < 1.29 is 18.9 Å². The standard InChI is InChI=1S/C11H24O4/c1-9(13-5)7-14-8-11(3)15-10(2)6-12-4/h9-11H,6-8H2,1-5H3. The summed E-state index contributed by atoms with van der Waals surface area (Å²) in [5.74, 6) is 0. The third-order valence-corrected chi connectivity index (χ3v) is 1.97. The molecule has 0 heterocycles. The Labute approximate surface area is 92.8 Å². The molecule has 0 N–H and O–H groups in total. The van der Waals surface area contributed by atoms with Crippen molar-refractivity contribution in [2.75, 3.05) is 34.0 Å². The zero-order valence-electron chi connectivity index (χ0n) is 10.5. The second-order valence-electron chi connectivity index (χ2n) is 3.80. The fourth-order valence-corrected chi connectivity index (χ4v) is 1.18. The summed E-state index contributed by atoms with van der Waals surface area (Å²) >= 11 is 0. The predicted molar refractivity (Wildman–Crippen MR) is 59.2 cm³/mol. The summed E-state index contributed by atoms with van der Waals surface area (Å²) in [5.41, 5.74) is 0.